The molecule has 1 aromatic carbocycles. The fraction of sp³-hybridized carbons (Fsp3) is 0.538. The molecule has 0 aliphatic heterocycles. The molecule has 0 saturated heterocycles. The van der Waals surface area contributed by atoms with Crippen molar-refractivity contribution in [3.63, 3.8) is 0 Å². The van der Waals surface area contributed by atoms with Crippen LogP contribution in [0.1, 0.15) is 43.7 Å². The highest BCUT2D eigenvalue weighted by atomic mass is 35.5. The van der Waals surface area contributed by atoms with Crippen molar-refractivity contribution >= 4 is 11.6 Å². The van der Waals surface area contributed by atoms with Crippen LogP contribution in [0.15, 0.2) is 12.1 Å². The lowest BCUT2D eigenvalue weighted by atomic mass is 9.92. The molecule has 16 heavy (non-hydrogen) atoms. The van der Waals surface area contributed by atoms with Gasteiger partial charge in [-0.1, -0.05) is 25.4 Å². The number of nitrogens with two attached hydrogens (primary N) is 1. The van der Waals surface area contributed by atoms with Crippen molar-refractivity contribution in [1.82, 2.24) is 0 Å². The largest absolute Gasteiger partial charge is 0.508 e. The van der Waals surface area contributed by atoms with Gasteiger partial charge < -0.3 is 10.8 Å². The Bertz CT molecular complexity index is 411. The average molecular weight is 240 g/mol. The third kappa shape index (κ3) is 1.80. The van der Waals surface area contributed by atoms with Crippen molar-refractivity contribution in [1.29, 1.82) is 0 Å². The maximum atomic E-state index is 10.1. The first kappa shape index (κ1) is 11.7. The van der Waals surface area contributed by atoms with Gasteiger partial charge in [0.2, 0.25) is 0 Å². The zero-order chi connectivity index (χ0) is 11.9. The Morgan fingerprint density at radius 1 is 1.44 bits per heavy atom. The van der Waals surface area contributed by atoms with Gasteiger partial charge in [0.25, 0.3) is 0 Å². The molecule has 1 aromatic rings. The van der Waals surface area contributed by atoms with Gasteiger partial charge >= 0.3 is 0 Å². The second kappa shape index (κ2) is 3.94. The van der Waals surface area contributed by atoms with E-state index < -0.39 is 0 Å². The number of rotatable bonds is 3. The van der Waals surface area contributed by atoms with E-state index in [1.54, 1.807) is 6.07 Å². The highest BCUT2D eigenvalue weighted by Gasteiger charge is 2.44. The van der Waals surface area contributed by atoms with Gasteiger partial charge in [0.15, 0.2) is 0 Å². The Kier molecular flexibility index (Phi) is 2.89. The molecule has 2 rings (SSSR count). The van der Waals surface area contributed by atoms with Gasteiger partial charge in [0.05, 0.1) is 0 Å². The first-order valence-corrected chi connectivity index (χ1v) is 6.11. The molecule has 1 aliphatic carbocycles. The van der Waals surface area contributed by atoms with E-state index in [9.17, 15) is 5.11 Å². The smallest absolute Gasteiger partial charge is 0.119 e. The zero-order valence-electron chi connectivity index (χ0n) is 9.76. The molecule has 1 aliphatic rings. The number of aromatic hydroxyl groups is 1. The minimum atomic E-state index is -0.0107. The molecule has 0 amide bonds. The molecule has 1 saturated carbocycles. The second-order valence-corrected chi connectivity index (χ2v) is 5.44. The van der Waals surface area contributed by atoms with Crippen LogP contribution in [0.5, 0.6) is 5.75 Å². The number of phenolic OH excluding ortho intramolecular Hbond substituents is 1. The molecule has 0 spiro atoms. The van der Waals surface area contributed by atoms with Gasteiger partial charge in [-0.2, -0.15) is 0 Å². The summed E-state index contributed by atoms with van der Waals surface area (Å²) >= 11 is 6.24. The fourth-order valence-electron chi connectivity index (χ4n) is 2.18. The highest BCUT2D eigenvalue weighted by Crippen LogP contribution is 2.51. The van der Waals surface area contributed by atoms with E-state index >= 15 is 0 Å². The predicted octanol–water partition coefficient (Wildman–Crippen LogP) is 3.16. The van der Waals surface area contributed by atoms with Gasteiger partial charge in [-0.3, -0.25) is 0 Å². The molecule has 1 fully saturated rings. The number of hydrogen-bond acceptors (Lipinski definition) is 2. The molecule has 3 N–H and O–H groups in total. The Hall–Kier alpha value is -0.730. The SMILES string of the molecule is CC(C)c1cc(O)c(C2(CN)CC2)cc1Cl. The van der Waals surface area contributed by atoms with E-state index in [1.807, 2.05) is 6.07 Å². The van der Waals surface area contributed by atoms with E-state index in [1.165, 1.54) is 0 Å². The van der Waals surface area contributed by atoms with Crippen LogP contribution >= 0.6 is 11.6 Å². The van der Waals surface area contributed by atoms with Gasteiger partial charge in [0, 0.05) is 22.5 Å². The molecular weight excluding hydrogens is 222 g/mol. The van der Waals surface area contributed by atoms with Crippen molar-refractivity contribution in [3.05, 3.63) is 28.3 Å². The average Bonchev–Trinajstić information content (AvgIpc) is 3.01. The molecule has 0 aromatic heterocycles. The van der Waals surface area contributed by atoms with Gasteiger partial charge in [-0.15, -0.1) is 0 Å². The summed E-state index contributed by atoms with van der Waals surface area (Å²) in [5.74, 6) is 0.663. The summed E-state index contributed by atoms with van der Waals surface area (Å²) in [5, 5.41) is 10.8. The summed E-state index contributed by atoms with van der Waals surface area (Å²) < 4.78 is 0. The third-order valence-corrected chi connectivity index (χ3v) is 3.88. The predicted molar refractivity (Wildman–Crippen MR) is 67.2 cm³/mol. The molecule has 0 heterocycles. The van der Waals surface area contributed by atoms with E-state index in [0.717, 1.165) is 29.0 Å². The van der Waals surface area contributed by atoms with Crippen molar-refractivity contribution in [3.8, 4) is 5.75 Å². The van der Waals surface area contributed by atoms with Crippen LogP contribution in [0.4, 0.5) is 0 Å². The lowest BCUT2D eigenvalue weighted by molar-refractivity contribution is 0.458. The topological polar surface area (TPSA) is 46.2 Å². The summed E-state index contributed by atoms with van der Waals surface area (Å²) in [4.78, 5) is 0. The quantitative estimate of drug-likeness (QED) is 0.851. The van der Waals surface area contributed by atoms with Crippen LogP contribution in [0.3, 0.4) is 0 Å². The molecule has 0 bridgehead atoms. The van der Waals surface area contributed by atoms with Crippen LogP contribution in [0, 0.1) is 0 Å². The maximum Gasteiger partial charge on any atom is 0.119 e. The lowest BCUT2D eigenvalue weighted by Crippen LogP contribution is -2.20. The van der Waals surface area contributed by atoms with E-state index in [2.05, 4.69) is 13.8 Å². The van der Waals surface area contributed by atoms with Crippen LogP contribution in [0.2, 0.25) is 5.02 Å². The van der Waals surface area contributed by atoms with E-state index in [4.69, 9.17) is 17.3 Å². The van der Waals surface area contributed by atoms with Crippen LogP contribution in [-0.2, 0) is 5.41 Å². The summed E-state index contributed by atoms with van der Waals surface area (Å²) in [6, 6.07) is 3.68. The lowest BCUT2D eigenvalue weighted by Gasteiger charge is -2.18. The van der Waals surface area contributed by atoms with Crippen LogP contribution in [0.25, 0.3) is 0 Å². The van der Waals surface area contributed by atoms with Gasteiger partial charge in [-0.05, 0) is 36.5 Å². The highest BCUT2D eigenvalue weighted by molar-refractivity contribution is 6.31. The fourth-order valence-corrected chi connectivity index (χ4v) is 2.56. The molecule has 3 heteroatoms. The molecule has 0 atom stereocenters. The zero-order valence-corrected chi connectivity index (χ0v) is 10.5. The molecule has 0 unspecified atom stereocenters. The summed E-state index contributed by atoms with van der Waals surface area (Å²) in [6.45, 7) is 4.71. The number of benzene rings is 1. The first-order valence-electron chi connectivity index (χ1n) is 5.73. The Labute approximate surface area is 101 Å². The second-order valence-electron chi connectivity index (χ2n) is 5.03. The minimum absolute atomic E-state index is 0.0107. The van der Waals surface area contributed by atoms with Gasteiger partial charge in [-0.25, -0.2) is 0 Å². The summed E-state index contributed by atoms with van der Waals surface area (Å²) in [6.07, 6.45) is 2.10. The molecule has 88 valence electrons. The third-order valence-electron chi connectivity index (χ3n) is 3.55. The Balaban J connectivity index is 2.46. The normalized spacial score (nSPS) is 17.8. The van der Waals surface area contributed by atoms with Gasteiger partial charge in [0.1, 0.15) is 5.75 Å². The van der Waals surface area contributed by atoms with Crippen LogP contribution in [-0.4, -0.2) is 11.7 Å². The molecule has 0 radical (unpaired) electrons. The molecular formula is C13H18ClNO. The summed E-state index contributed by atoms with van der Waals surface area (Å²) in [7, 11) is 0. The maximum absolute atomic E-state index is 10.1. The Morgan fingerprint density at radius 3 is 2.50 bits per heavy atom. The van der Waals surface area contributed by atoms with Crippen molar-refractivity contribution in [2.24, 2.45) is 5.73 Å². The van der Waals surface area contributed by atoms with Crippen molar-refractivity contribution in [2.45, 2.75) is 38.0 Å². The van der Waals surface area contributed by atoms with Crippen molar-refractivity contribution < 1.29 is 5.11 Å². The number of hydrogen-bond donors (Lipinski definition) is 2. The number of halogens is 1. The number of phenols is 1. The van der Waals surface area contributed by atoms with E-state index in [-0.39, 0.29) is 5.41 Å². The molecule has 2 nitrogen and oxygen atoms in total. The monoisotopic (exact) mass is 239 g/mol. The van der Waals surface area contributed by atoms with E-state index in [0.29, 0.717) is 18.2 Å². The van der Waals surface area contributed by atoms with Crippen molar-refractivity contribution in [2.75, 3.05) is 6.54 Å². The standard InChI is InChI=1S/C13H18ClNO/c1-8(2)9-5-12(16)10(6-11(9)14)13(7-15)3-4-13/h5-6,8,16H,3-4,7,15H2,1-2H3. The first-order chi connectivity index (χ1) is 7.50. The minimum Gasteiger partial charge on any atom is -0.508 e. The summed E-state index contributed by atoms with van der Waals surface area (Å²) in [5.41, 5.74) is 7.67. The van der Waals surface area contributed by atoms with Crippen LogP contribution < -0.4 is 5.73 Å². The Morgan fingerprint density at radius 2 is 2.06 bits per heavy atom.